The van der Waals surface area contributed by atoms with Crippen LogP contribution in [0.2, 0.25) is 5.02 Å². The van der Waals surface area contributed by atoms with Gasteiger partial charge in [0.2, 0.25) is 0 Å². The molecule has 1 saturated heterocycles. The van der Waals surface area contributed by atoms with Crippen molar-refractivity contribution in [2.24, 2.45) is 0 Å². The molecule has 0 atom stereocenters. The molecule has 3 amide bonds. The number of rotatable bonds is 5. The summed E-state index contributed by atoms with van der Waals surface area (Å²) in [6, 6.07) is 19.6. The highest BCUT2D eigenvalue weighted by atomic mass is 127. The summed E-state index contributed by atoms with van der Waals surface area (Å²) in [5.41, 5.74) is 2.46. The molecule has 5 nitrogen and oxygen atoms in total. The molecule has 8 heteroatoms. The second kappa shape index (κ2) is 9.42. The molecule has 0 bridgehead atoms. The lowest BCUT2D eigenvalue weighted by atomic mass is 10.2. The van der Waals surface area contributed by atoms with E-state index in [4.69, 9.17) is 16.3 Å². The van der Waals surface area contributed by atoms with Gasteiger partial charge in [0.05, 0.1) is 9.26 Å². The number of hydrogen-bond donors (Lipinski definition) is 1. The largest absolute Gasteiger partial charge is 0.488 e. The summed E-state index contributed by atoms with van der Waals surface area (Å²) in [6.07, 6.45) is 1.64. The normalized spacial score (nSPS) is 14.8. The molecule has 0 spiro atoms. The number of ether oxygens (including phenoxy) is 1. The lowest BCUT2D eigenvalue weighted by Crippen LogP contribution is -2.30. The molecule has 3 aromatic carbocycles. The highest BCUT2D eigenvalue weighted by Gasteiger charge is 2.34. The lowest BCUT2D eigenvalue weighted by molar-refractivity contribution is -0.113. The molecule has 3 aromatic rings. The molecule has 156 valence electrons. The maximum atomic E-state index is 12.8. The molecule has 1 heterocycles. The summed E-state index contributed by atoms with van der Waals surface area (Å²) in [6.45, 7) is 0.451. The second-order valence-corrected chi connectivity index (χ2v) is 9.23. The minimum Gasteiger partial charge on any atom is -0.488 e. The number of hydrogen-bond acceptors (Lipinski definition) is 3. The molecule has 4 rings (SSSR count). The Hall–Kier alpha value is -2.36. The van der Waals surface area contributed by atoms with Gasteiger partial charge in [-0.1, -0.05) is 51.8 Å². The highest BCUT2D eigenvalue weighted by molar-refractivity contribution is 14.1. The molecule has 1 aliphatic heterocycles. The first-order valence-electron chi connectivity index (χ1n) is 9.20. The third kappa shape index (κ3) is 5.11. The Bertz CT molecular complexity index is 1200. The minimum absolute atomic E-state index is 0.198. The second-order valence-electron chi connectivity index (χ2n) is 6.71. The fraction of sp³-hybridized carbons (Fsp3) is 0.0435. The number of benzene rings is 3. The Kier molecular flexibility index (Phi) is 6.64. The van der Waals surface area contributed by atoms with E-state index in [-0.39, 0.29) is 5.70 Å². The van der Waals surface area contributed by atoms with Crippen LogP contribution in [-0.2, 0) is 11.4 Å². The van der Waals surface area contributed by atoms with E-state index >= 15 is 0 Å². The van der Waals surface area contributed by atoms with Gasteiger partial charge in [-0.05, 0) is 82.3 Å². The van der Waals surface area contributed by atoms with Crippen molar-refractivity contribution in [2.45, 2.75) is 6.61 Å². The van der Waals surface area contributed by atoms with E-state index in [1.165, 1.54) is 0 Å². The molecule has 1 aliphatic rings. The number of imide groups is 1. The van der Waals surface area contributed by atoms with Gasteiger partial charge < -0.3 is 10.1 Å². The number of halogens is 3. The maximum Gasteiger partial charge on any atom is 0.333 e. The number of urea groups is 1. The summed E-state index contributed by atoms with van der Waals surface area (Å²) >= 11 is 11.6. The van der Waals surface area contributed by atoms with Crippen LogP contribution in [0.3, 0.4) is 0 Å². The van der Waals surface area contributed by atoms with Crippen molar-refractivity contribution >= 4 is 73.8 Å². The molecule has 1 N–H and O–H groups in total. The van der Waals surface area contributed by atoms with Gasteiger partial charge in [-0.15, -0.1) is 0 Å². The Morgan fingerprint density at radius 1 is 1.06 bits per heavy atom. The van der Waals surface area contributed by atoms with Crippen LogP contribution in [0.5, 0.6) is 5.75 Å². The highest BCUT2D eigenvalue weighted by Crippen LogP contribution is 2.27. The van der Waals surface area contributed by atoms with Crippen LogP contribution in [0.1, 0.15) is 11.1 Å². The van der Waals surface area contributed by atoms with E-state index in [1.807, 2.05) is 42.5 Å². The summed E-state index contributed by atoms with van der Waals surface area (Å²) in [4.78, 5) is 26.2. The van der Waals surface area contributed by atoms with Crippen LogP contribution in [0.25, 0.3) is 6.08 Å². The zero-order valence-electron chi connectivity index (χ0n) is 15.9. The average Bonchev–Trinajstić information content (AvgIpc) is 3.01. The minimum atomic E-state index is -0.511. The number of carbonyl (C=O) groups excluding carboxylic acids is 2. The van der Waals surface area contributed by atoms with Crippen molar-refractivity contribution in [3.63, 3.8) is 0 Å². The van der Waals surface area contributed by atoms with Gasteiger partial charge in [0.1, 0.15) is 18.1 Å². The predicted octanol–water partition coefficient (Wildman–Crippen LogP) is 6.38. The third-order valence-corrected chi connectivity index (χ3v) is 6.13. The Morgan fingerprint density at radius 2 is 1.84 bits per heavy atom. The number of amides is 3. The first kappa shape index (κ1) is 21.9. The third-order valence-electron chi connectivity index (χ3n) is 4.52. The Labute approximate surface area is 206 Å². The quantitative estimate of drug-likeness (QED) is 0.208. The van der Waals surface area contributed by atoms with Crippen molar-refractivity contribution < 1.29 is 14.3 Å². The molecule has 31 heavy (non-hydrogen) atoms. The molecular formula is C23H15BrClIN2O3. The van der Waals surface area contributed by atoms with E-state index in [0.29, 0.717) is 17.3 Å². The van der Waals surface area contributed by atoms with Gasteiger partial charge in [-0.2, -0.15) is 0 Å². The van der Waals surface area contributed by atoms with E-state index < -0.39 is 11.9 Å². The standard InChI is InChI=1S/C23H15BrClIN2O3/c24-16-7-4-14(5-8-16)13-31-21-9-6-15(10-19(21)26)11-20-22(29)28(23(30)27-20)18-3-1-2-17(25)12-18/h1-12H,13H2,(H,27,30)/b20-11+. The summed E-state index contributed by atoms with van der Waals surface area (Å²) in [7, 11) is 0. The fourth-order valence-electron chi connectivity index (χ4n) is 3.02. The van der Waals surface area contributed by atoms with Crippen molar-refractivity contribution in [3.05, 3.63) is 96.6 Å². The van der Waals surface area contributed by atoms with Gasteiger partial charge in [0.15, 0.2) is 0 Å². The Balaban J connectivity index is 1.49. The van der Waals surface area contributed by atoms with Crippen LogP contribution >= 0.6 is 50.1 Å². The first-order valence-corrected chi connectivity index (χ1v) is 11.5. The lowest BCUT2D eigenvalue weighted by Gasteiger charge is -2.11. The predicted molar refractivity (Wildman–Crippen MR) is 133 cm³/mol. The number of nitrogens with zero attached hydrogens (tertiary/aromatic N) is 1. The van der Waals surface area contributed by atoms with Crippen LogP contribution in [-0.4, -0.2) is 11.9 Å². The van der Waals surface area contributed by atoms with Gasteiger partial charge in [0, 0.05) is 9.50 Å². The van der Waals surface area contributed by atoms with E-state index in [1.54, 1.807) is 30.3 Å². The molecule has 1 fully saturated rings. The zero-order chi connectivity index (χ0) is 22.0. The van der Waals surface area contributed by atoms with E-state index in [9.17, 15) is 9.59 Å². The smallest absolute Gasteiger partial charge is 0.333 e. The van der Waals surface area contributed by atoms with E-state index in [0.717, 1.165) is 29.8 Å². The monoisotopic (exact) mass is 608 g/mol. The summed E-state index contributed by atoms with van der Waals surface area (Å²) in [5, 5.41) is 3.07. The molecule has 0 aromatic heterocycles. The zero-order valence-corrected chi connectivity index (χ0v) is 20.4. The SMILES string of the molecule is O=C1N/C(=C/c2ccc(OCc3ccc(Br)cc3)c(I)c2)C(=O)N1c1cccc(Cl)c1. The van der Waals surface area contributed by atoms with Crippen molar-refractivity contribution in [2.75, 3.05) is 4.90 Å². The summed E-state index contributed by atoms with van der Waals surface area (Å²) in [5.74, 6) is 0.311. The summed E-state index contributed by atoms with van der Waals surface area (Å²) < 4.78 is 7.83. The topological polar surface area (TPSA) is 58.6 Å². The first-order chi connectivity index (χ1) is 14.9. The number of carbonyl (C=O) groups is 2. The fourth-order valence-corrected chi connectivity index (χ4v) is 4.16. The van der Waals surface area contributed by atoms with Crippen LogP contribution in [0.4, 0.5) is 10.5 Å². The molecule has 0 saturated carbocycles. The Morgan fingerprint density at radius 3 is 2.55 bits per heavy atom. The van der Waals surface area contributed by atoms with Crippen LogP contribution in [0.15, 0.2) is 76.9 Å². The van der Waals surface area contributed by atoms with E-state index in [2.05, 4.69) is 43.8 Å². The molecule has 0 radical (unpaired) electrons. The van der Waals surface area contributed by atoms with Crippen molar-refractivity contribution in [1.29, 1.82) is 0 Å². The number of nitrogens with one attached hydrogen (secondary N) is 1. The van der Waals surface area contributed by atoms with Crippen LogP contribution in [0, 0.1) is 3.57 Å². The maximum absolute atomic E-state index is 12.8. The van der Waals surface area contributed by atoms with Gasteiger partial charge >= 0.3 is 6.03 Å². The van der Waals surface area contributed by atoms with Crippen molar-refractivity contribution in [1.82, 2.24) is 5.32 Å². The molecular weight excluding hydrogens is 595 g/mol. The molecule has 0 aliphatic carbocycles. The van der Waals surface area contributed by atoms with Crippen LogP contribution < -0.4 is 15.0 Å². The van der Waals surface area contributed by atoms with Gasteiger partial charge in [-0.25, -0.2) is 9.69 Å². The van der Waals surface area contributed by atoms with Crippen molar-refractivity contribution in [3.8, 4) is 5.75 Å². The van der Waals surface area contributed by atoms with Gasteiger partial charge in [0.25, 0.3) is 5.91 Å². The van der Waals surface area contributed by atoms with Gasteiger partial charge in [-0.3, -0.25) is 4.79 Å². The molecule has 0 unspecified atom stereocenters. The average molecular weight is 610 g/mol. The number of anilines is 1.